The highest BCUT2D eigenvalue weighted by atomic mass is 16.6. The van der Waals surface area contributed by atoms with Crippen molar-refractivity contribution < 1.29 is 23.8 Å². The Hall–Kier alpha value is -1.92. The lowest BCUT2D eigenvalue weighted by molar-refractivity contribution is -0.161. The van der Waals surface area contributed by atoms with Gasteiger partial charge in [-0.1, -0.05) is 35.5 Å². The molecule has 2 fully saturated rings. The van der Waals surface area contributed by atoms with Crippen LogP contribution in [0.25, 0.3) is 0 Å². The van der Waals surface area contributed by atoms with Crippen LogP contribution in [0.5, 0.6) is 0 Å². The Morgan fingerprint density at radius 1 is 1.32 bits per heavy atom. The minimum absolute atomic E-state index is 0.0913. The highest BCUT2D eigenvalue weighted by Gasteiger charge is 2.60. The van der Waals surface area contributed by atoms with Crippen LogP contribution in [0.4, 0.5) is 0 Å². The quantitative estimate of drug-likeness (QED) is 0.342. The van der Waals surface area contributed by atoms with Crippen LogP contribution in [0.3, 0.4) is 0 Å². The first-order valence-corrected chi connectivity index (χ1v) is 8.60. The summed E-state index contributed by atoms with van der Waals surface area (Å²) in [4.78, 5) is 16.9. The predicted octanol–water partition coefficient (Wildman–Crippen LogP) is 2.70. The molecule has 1 aromatic carbocycles. The maximum atomic E-state index is 11.4. The predicted molar refractivity (Wildman–Crippen MR) is 92.1 cm³/mol. The fourth-order valence-corrected chi connectivity index (χ4v) is 3.72. The second-order valence-electron chi connectivity index (χ2n) is 6.71. The van der Waals surface area contributed by atoms with Crippen molar-refractivity contribution in [2.45, 2.75) is 51.1 Å². The summed E-state index contributed by atoms with van der Waals surface area (Å²) in [7, 11) is 1.63. The molecule has 25 heavy (non-hydrogen) atoms. The van der Waals surface area contributed by atoms with Crippen LogP contribution in [0.15, 0.2) is 35.5 Å². The summed E-state index contributed by atoms with van der Waals surface area (Å²) in [6.45, 7) is 4.42. The molecule has 6 heteroatoms. The van der Waals surface area contributed by atoms with E-state index in [0.717, 1.165) is 24.1 Å². The van der Waals surface area contributed by atoms with Gasteiger partial charge in [-0.2, -0.15) is 0 Å². The van der Waals surface area contributed by atoms with Crippen molar-refractivity contribution in [3.8, 4) is 0 Å². The van der Waals surface area contributed by atoms with Crippen molar-refractivity contribution in [1.82, 2.24) is 0 Å². The molecular formula is C19H25NO5. The van der Waals surface area contributed by atoms with Crippen LogP contribution < -0.4 is 0 Å². The largest absolute Gasteiger partial charge is 0.460 e. The van der Waals surface area contributed by atoms with E-state index in [9.17, 15) is 4.79 Å². The van der Waals surface area contributed by atoms with Crippen molar-refractivity contribution in [3.05, 3.63) is 35.9 Å². The molecule has 136 valence electrons. The third-order valence-corrected chi connectivity index (χ3v) is 4.95. The van der Waals surface area contributed by atoms with Gasteiger partial charge in [-0.25, -0.2) is 0 Å². The lowest BCUT2D eigenvalue weighted by Crippen LogP contribution is -2.52. The normalized spacial score (nSPS) is 31.6. The minimum atomic E-state index is -0.298. The lowest BCUT2D eigenvalue weighted by atomic mass is 9.73. The van der Waals surface area contributed by atoms with Crippen LogP contribution in [0, 0.1) is 5.92 Å². The summed E-state index contributed by atoms with van der Waals surface area (Å²) >= 11 is 0. The number of carbonyl (C=O) groups excluding carboxylic acids is 1. The second-order valence-corrected chi connectivity index (χ2v) is 6.71. The standard InChI is InChI=1S/C19H25NO5/c1-13(20-24-11-15-7-5-4-6-8-15)17-18(22-3)16(25-14(2)21)9-10-19(17)12-23-19/h4-8,16-18H,9-12H2,1-3H3/t16?,17?,18?,19-/m0/s1. The van der Waals surface area contributed by atoms with Crippen LogP contribution in [0.2, 0.25) is 0 Å². The van der Waals surface area contributed by atoms with E-state index in [0.29, 0.717) is 13.2 Å². The van der Waals surface area contributed by atoms with E-state index in [4.69, 9.17) is 19.0 Å². The van der Waals surface area contributed by atoms with Crippen molar-refractivity contribution in [1.29, 1.82) is 0 Å². The number of oxime groups is 1. The number of carbonyl (C=O) groups is 1. The number of epoxide rings is 1. The van der Waals surface area contributed by atoms with E-state index in [1.807, 2.05) is 37.3 Å². The Balaban J connectivity index is 1.71. The molecule has 2 aliphatic rings. The average molecular weight is 347 g/mol. The molecule has 0 aromatic heterocycles. The Bertz CT molecular complexity index is 626. The molecule has 1 aliphatic heterocycles. The number of nitrogens with zero attached hydrogens (tertiary/aromatic N) is 1. The zero-order chi connectivity index (χ0) is 17.9. The molecule has 0 bridgehead atoms. The molecule has 1 aromatic rings. The Morgan fingerprint density at radius 3 is 2.64 bits per heavy atom. The first-order chi connectivity index (χ1) is 12.1. The molecule has 1 aliphatic carbocycles. The first-order valence-electron chi connectivity index (χ1n) is 8.60. The van der Waals surface area contributed by atoms with E-state index in [1.165, 1.54) is 6.92 Å². The molecular weight excluding hydrogens is 322 g/mol. The Labute approximate surface area is 148 Å². The fourth-order valence-electron chi connectivity index (χ4n) is 3.72. The number of benzene rings is 1. The molecule has 3 unspecified atom stereocenters. The molecule has 6 nitrogen and oxygen atoms in total. The van der Waals surface area contributed by atoms with Gasteiger partial charge in [0, 0.05) is 14.0 Å². The number of hydrogen-bond donors (Lipinski definition) is 0. The maximum absolute atomic E-state index is 11.4. The van der Waals surface area contributed by atoms with Crippen molar-refractivity contribution in [2.24, 2.45) is 11.1 Å². The van der Waals surface area contributed by atoms with Gasteiger partial charge in [0.1, 0.15) is 24.4 Å². The molecule has 3 rings (SSSR count). The smallest absolute Gasteiger partial charge is 0.302 e. The number of esters is 1. The highest BCUT2D eigenvalue weighted by molar-refractivity contribution is 5.86. The van der Waals surface area contributed by atoms with E-state index >= 15 is 0 Å². The van der Waals surface area contributed by atoms with E-state index in [1.54, 1.807) is 7.11 Å². The lowest BCUT2D eigenvalue weighted by Gasteiger charge is -2.40. The average Bonchev–Trinajstić information content (AvgIpc) is 3.36. The molecule has 0 radical (unpaired) electrons. The van der Waals surface area contributed by atoms with Crippen molar-refractivity contribution in [2.75, 3.05) is 13.7 Å². The highest BCUT2D eigenvalue weighted by Crippen LogP contribution is 2.48. The number of hydrogen-bond acceptors (Lipinski definition) is 6. The molecule has 0 N–H and O–H groups in total. The summed E-state index contributed by atoms with van der Waals surface area (Å²) in [6, 6.07) is 9.88. The van der Waals surface area contributed by atoms with E-state index in [2.05, 4.69) is 5.16 Å². The molecule has 1 heterocycles. The molecule has 0 amide bonds. The number of methoxy groups -OCH3 is 1. The summed E-state index contributed by atoms with van der Waals surface area (Å²) in [5.74, 6) is -0.389. The zero-order valence-electron chi connectivity index (χ0n) is 14.9. The van der Waals surface area contributed by atoms with Gasteiger partial charge in [0.15, 0.2) is 0 Å². The molecule has 1 spiro atoms. The topological polar surface area (TPSA) is 69.7 Å². The monoisotopic (exact) mass is 347 g/mol. The Morgan fingerprint density at radius 2 is 2.04 bits per heavy atom. The van der Waals surface area contributed by atoms with E-state index < -0.39 is 0 Å². The van der Waals surface area contributed by atoms with Gasteiger partial charge in [0.05, 0.1) is 18.2 Å². The van der Waals surface area contributed by atoms with E-state index in [-0.39, 0.29) is 29.7 Å². The third kappa shape index (κ3) is 4.02. The number of rotatable bonds is 6. The van der Waals surface area contributed by atoms with Crippen LogP contribution >= 0.6 is 0 Å². The van der Waals surface area contributed by atoms with Crippen LogP contribution in [-0.2, 0) is 30.4 Å². The van der Waals surface area contributed by atoms with Gasteiger partial charge in [0.2, 0.25) is 0 Å². The summed E-state index contributed by atoms with van der Waals surface area (Å²) in [5.41, 5.74) is 1.60. The summed E-state index contributed by atoms with van der Waals surface area (Å²) in [6.07, 6.45) is 0.971. The van der Waals surface area contributed by atoms with Crippen molar-refractivity contribution >= 4 is 11.7 Å². The van der Waals surface area contributed by atoms with Crippen molar-refractivity contribution in [3.63, 3.8) is 0 Å². The molecule has 1 saturated heterocycles. The van der Waals surface area contributed by atoms with Gasteiger partial charge < -0.3 is 19.0 Å². The minimum Gasteiger partial charge on any atom is -0.460 e. The van der Waals surface area contributed by atoms with Gasteiger partial charge in [-0.15, -0.1) is 0 Å². The SMILES string of the molecule is COC1C(OC(C)=O)CC[C@]2(CO2)C1C(C)=NOCc1ccccc1. The van der Waals surface area contributed by atoms with Gasteiger partial charge in [0.25, 0.3) is 0 Å². The van der Waals surface area contributed by atoms with Gasteiger partial charge in [-0.3, -0.25) is 4.79 Å². The van der Waals surface area contributed by atoms with Gasteiger partial charge in [-0.05, 0) is 25.3 Å². The maximum Gasteiger partial charge on any atom is 0.302 e. The molecule has 4 atom stereocenters. The van der Waals surface area contributed by atoms with Crippen LogP contribution in [-0.4, -0.2) is 43.2 Å². The third-order valence-electron chi connectivity index (χ3n) is 4.95. The zero-order valence-corrected chi connectivity index (χ0v) is 14.9. The summed E-state index contributed by atoms with van der Waals surface area (Å²) in [5, 5.41) is 4.31. The number of ether oxygens (including phenoxy) is 3. The second kappa shape index (κ2) is 7.54. The fraction of sp³-hybridized carbons (Fsp3) is 0.579. The van der Waals surface area contributed by atoms with Gasteiger partial charge >= 0.3 is 5.97 Å². The molecule has 1 saturated carbocycles. The van der Waals surface area contributed by atoms with Crippen LogP contribution in [0.1, 0.15) is 32.3 Å². The summed E-state index contributed by atoms with van der Waals surface area (Å²) < 4.78 is 16.9. The first kappa shape index (κ1) is 17.9. The Kier molecular flexibility index (Phi) is 5.39.